The standard InChI is InChI=1S/C15H15FN2O/c1-9-7-12(11(3)19-9)10(2)18-15-6-4-5-14(16)13(15)8-17/h4-7,10,18H,1-3H3. The molecule has 1 aromatic heterocycles. The molecule has 1 heterocycles. The molecule has 2 aromatic rings. The predicted octanol–water partition coefficient (Wildman–Crippen LogP) is 4.08. The Morgan fingerprint density at radius 1 is 1.37 bits per heavy atom. The van der Waals surface area contributed by atoms with Crippen LogP contribution in [0, 0.1) is 31.0 Å². The quantitative estimate of drug-likeness (QED) is 0.902. The lowest BCUT2D eigenvalue weighted by atomic mass is 10.1. The summed E-state index contributed by atoms with van der Waals surface area (Å²) in [4.78, 5) is 0. The van der Waals surface area contributed by atoms with Crippen molar-refractivity contribution in [1.29, 1.82) is 5.26 Å². The van der Waals surface area contributed by atoms with Gasteiger partial charge in [0.1, 0.15) is 29.0 Å². The van der Waals surface area contributed by atoms with Crippen LogP contribution < -0.4 is 5.32 Å². The molecular formula is C15H15FN2O. The summed E-state index contributed by atoms with van der Waals surface area (Å²) in [6, 6.07) is 8.32. The number of nitrogens with one attached hydrogen (secondary N) is 1. The van der Waals surface area contributed by atoms with Crippen LogP contribution in [0.15, 0.2) is 28.7 Å². The van der Waals surface area contributed by atoms with Gasteiger partial charge in [-0.3, -0.25) is 0 Å². The molecule has 19 heavy (non-hydrogen) atoms. The first-order chi connectivity index (χ1) is 9.02. The summed E-state index contributed by atoms with van der Waals surface area (Å²) >= 11 is 0. The van der Waals surface area contributed by atoms with Gasteiger partial charge in [0.05, 0.1) is 11.7 Å². The highest BCUT2D eigenvalue weighted by molar-refractivity contribution is 5.59. The topological polar surface area (TPSA) is 49.0 Å². The fourth-order valence-corrected chi connectivity index (χ4v) is 2.15. The maximum atomic E-state index is 13.5. The van der Waals surface area contributed by atoms with Crippen molar-refractivity contribution in [1.82, 2.24) is 0 Å². The van der Waals surface area contributed by atoms with Gasteiger partial charge in [-0.25, -0.2) is 4.39 Å². The number of halogens is 1. The maximum Gasteiger partial charge on any atom is 0.143 e. The average Bonchev–Trinajstić information content (AvgIpc) is 2.69. The zero-order valence-corrected chi connectivity index (χ0v) is 11.1. The summed E-state index contributed by atoms with van der Waals surface area (Å²) in [6.45, 7) is 5.72. The third-order valence-corrected chi connectivity index (χ3v) is 3.04. The van der Waals surface area contributed by atoms with E-state index >= 15 is 0 Å². The molecule has 1 unspecified atom stereocenters. The van der Waals surface area contributed by atoms with Gasteiger partial charge in [0.15, 0.2) is 0 Å². The van der Waals surface area contributed by atoms with E-state index in [9.17, 15) is 4.39 Å². The number of hydrogen-bond donors (Lipinski definition) is 1. The number of furan rings is 1. The Hall–Kier alpha value is -2.28. The van der Waals surface area contributed by atoms with Gasteiger partial charge in [0.2, 0.25) is 0 Å². The van der Waals surface area contributed by atoms with Crippen LogP contribution in [-0.4, -0.2) is 0 Å². The molecule has 1 N–H and O–H groups in total. The molecule has 98 valence electrons. The van der Waals surface area contributed by atoms with Gasteiger partial charge < -0.3 is 9.73 Å². The third-order valence-electron chi connectivity index (χ3n) is 3.04. The van der Waals surface area contributed by atoms with Gasteiger partial charge in [0.25, 0.3) is 0 Å². The number of rotatable bonds is 3. The molecule has 0 amide bonds. The fraction of sp³-hybridized carbons (Fsp3) is 0.267. The largest absolute Gasteiger partial charge is 0.466 e. The van der Waals surface area contributed by atoms with Gasteiger partial charge in [-0.15, -0.1) is 0 Å². The SMILES string of the molecule is Cc1cc(C(C)Nc2cccc(F)c2C#N)c(C)o1. The second-order valence-electron chi connectivity index (χ2n) is 4.51. The number of anilines is 1. The molecule has 3 nitrogen and oxygen atoms in total. The monoisotopic (exact) mass is 258 g/mol. The van der Waals surface area contributed by atoms with Crippen molar-refractivity contribution >= 4 is 5.69 Å². The minimum absolute atomic E-state index is 0.0345. The second kappa shape index (κ2) is 5.15. The molecule has 0 aliphatic rings. The number of aryl methyl sites for hydroxylation is 2. The lowest BCUT2D eigenvalue weighted by Gasteiger charge is -2.15. The Morgan fingerprint density at radius 2 is 2.11 bits per heavy atom. The normalized spacial score (nSPS) is 11.9. The van der Waals surface area contributed by atoms with Crippen molar-refractivity contribution < 1.29 is 8.81 Å². The number of benzene rings is 1. The Labute approximate surface area is 111 Å². The highest BCUT2D eigenvalue weighted by Crippen LogP contribution is 2.27. The van der Waals surface area contributed by atoms with Crippen LogP contribution in [-0.2, 0) is 0 Å². The first kappa shape index (κ1) is 13.2. The van der Waals surface area contributed by atoms with Gasteiger partial charge in [-0.05, 0) is 39.0 Å². The van der Waals surface area contributed by atoms with Gasteiger partial charge >= 0.3 is 0 Å². The predicted molar refractivity (Wildman–Crippen MR) is 71.3 cm³/mol. The van der Waals surface area contributed by atoms with E-state index < -0.39 is 5.82 Å². The minimum atomic E-state index is -0.514. The highest BCUT2D eigenvalue weighted by Gasteiger charge is 2.15. The lowest BCUT2D eigenvalue weighted by Crippen LogP contribution is -2.08. The van der Waals surface area contributed by atoms with Crippen LogP contribution in [0.3, 0.4) is 0 Å². The molecule has 4 heteroatoms. The molecule has 0 saturated carbocycles. The molecule has 2 rings (SSSR count). The van der Waals surface area contributed by atoms with Crippen molar-refractivity contribution in [3.63, 3.8) is 0 Å². The van der Waals surface area contributed by atoms with Gasteiger partial charge in [-0.1, -0.05) is 6.07 Å². The van der Waals surface area contributed by atoms with Crippen LogP contribution in [0.25, 0.3) is 0 Å². The van der Waals surface area contributed by atoms with Gasteiger partial charge in [0, 0.05) is 5.56 Å². The van der Waals surface area contributed by atoms with Crippen molar-refractivity contribution in [2.75, 3.05) is 5.32 Å². The third kappa shape index (κ3) is 2.60. The average molecular weight is 258 g/mol. The van der Waals surface area contributed by atoms with E-state index in [1.165, 1.54) is 6.07 Å². The number of hydrogen-bond acceptors (Lipinski definition) is 3. The van der Waals surface area contributed by atoms with Crippen LogP contribution in [0.1, 0.15) is 35.6 Å². The molecule has 0 spiro atoms. The molecule has 0 aliphatic heterocycles. The Morgan fingerprint density at radius 3 is 2.68 bits per heavy atom. The molecule has 0 aliphatic carbocycles. The van der Waals surface area contributed by atoms with E-state index in [1.54, 1.807) is 12.1 Å². The zero-order valence-electron chi connectivity index (χ0n) is 11.1. The summed E-state index contributed by atoms with van der Waals surface area (Å²) in [5.74, 6) is 1.15. The summed E-state index contributed by atoms with van der Waals surface area (Å²) in [7, 11) is 0. The Bertz CT molecular complexity index is 640. The van der Waals surface area contributed by atoms with Crippen LogP contribution >= 0.6 is 0 Å². The van der Waals surface area contributed by atoms with Crippen molar-refractivity contribution in [2.45, 2.75) is 26.8 Å². The molecule has 0 saturated heterocycles. The van der Waals surface area contributed by atoms with E-state index in [-0.39, 0.29) is 11.6 Å². The second-order valence-corrected chi connectivity index (χ2v) is 4.51. The number of nitrogens with zero attached hydrogens (tertiary/aromatic N) is 1. The zero-order chi connectivity index (χ0) is 14.0. The molecule has 0 bridgehead atoms. The van der Waals surface area contributed by atoms with Crippen molar-refractivity contribution in [3.8, 4) is 6.07 Å². The lowest BCUT2D eigenvalue weighted by molar-refractivity contribution is 0.500. The Balaban J connectivity index is 2.30. The first-order valence-electron chi connectivity index (χ1n) is 6.05. The maximum absolute atomic E-state index is 13.5. The summed E-state index contributed by atoms with van der Waals surface area (Å²) in [5.41, 5.74) is 1.53. The molecular weight excluding hydrogens is 243 g/mol. The summed E-state index contributed by atoms with van der Waals surface area (Å²) in [5, 5.41) is 12.1. The molecule has 1 atom stereocenters. The molecule has 1 aromatic carbocycles. The molecule has 0 radical (unpaired) electrons. The van der Waals surface area contributed by atoms with Crippen molar-refractivity contribution in [3.05, 3.63) is 52.7 Å². The van der Waals surface area contributed by atoms with Gasteiger partial charge in [-0.2, -0.15) is 5.26 Å². The van der Waals surface area contributed by atoms with Crippen molar-refractivity contribution in [2.24, 2.45) is 0 Å². The van der Waals surface area contributed by atoms with E-state index in [1.807, 2.05) is 32.9 Å². The first-order valence-corrected chi connectivity index (χ1v) is 6.05. The molecule has 0 fully saturated rings. The summed E-state index contributed by atoms with van der Waals surface area (Å²) < 4.78 is 19.0. The highest BCUT2D eigenvalue weighted by atomic mass is 19.1. The summed E-state index contributed by atoms with van der Waals surface area (Å²) in [6.07, 6.45) is 0. The van der Waals surface area contributed by atoms with E-state index in [4.69, 9.17) is 9.68 Å². The smallest absolute Gasteiger partial charge is 0.143 e. The van der Waals surface area contributed by atoms with E-state index in [2.05, 4.69) is 5.32 Å². The Kier molecular flexibility index (Phi) is 3.57. The van der Waals surface area contributed by atoms with E-state index in [0.717, 1.165) is 17.1 Å². The van der Waals surface area contributed by atoms with Crippen LogP contribution in [0.2, 0.25) is 0 Å². The van der Waals surface area contributed by atoms with Crippen LogP contribution in [0.5, 0.6) is 0 Å². The van der Waals surface area contributed by atoms with Crippen LogP contribution in [0.4, 0.5) is 10.1 Å². The number of nitriles is 1. The van der Waals surface area contributed by atoms with E-state index in [0.29, 0.717) is 5.69 Å². The minimum Gasteiger partial charge on any atom is -0.466 e. The fourth-order valence-electron chi connectivity index (χ4n) is 2.15.